The predicted octanol–water partition coefficient (Wildman–Crippen LogP) is 3.50. The second kappa shape index (κ2) is 5.50. The Hall–Kier alpha value is -2.46. The minimum Gasteiger partial charge on any atom is -0.437 e. The number of aryl methyl sites for hydroxylation is 1. The van der Waals surface area contributed by atoms with Crippen molar-refractivity contribution in [1.82, 2.24) is 10.2 Å². The van der Waals surface area contributed by atoms with Crippen LogP contribution in [0.15, 0.2) is 42.5 Å². The van der Waals surface area contributed by atoms with Crippen LogP contribution < -0.4 is 10.5 Å². The van der Waals surface area contributed by atoms with Crippen molar-refractivity contribution in [3.05, 3.63) is 59.3 Å². The Morgan fingerprint density at radius 3 is 2.57 bits per heavy atom. The Kier molecular flexibility index (Phi) is 3.54. The molecule has 1 aromatic heterocycles. The van der Waals surface area contributed by atoms with Gasteiger partial charge in [-0.15, -0.1) is 5.10 Å². The van der Waals surface area contributed by atoms with Gasteiger partial charge in [-0.05, 0) is 30.9 Å². The van der Waals surface area contributed by atoms with Gasteiger partial charge in [0.2, 0.25) is 5.88 Å². The summed E-state index contributed by atoms with van der Waals surface area (Å²) in [5.74, 6) is 1.25. The molecular weight excluding hydrogens is 262 g/mol. The first kappa shape index (κ1) is 13.5. The van der Waals surface area contributed by atoms with E-state index in [0.717, 1.165) is 33.3 Å². The summed E-state index contributed by atoms with van der Waals surface area (Å²) in [7, 11) is 0. The molecule has 3 aromatic rings. The number of hydrogen-bond acceptors (Lipinski definition) is 4. The molecule has 0 aliphatic carbocycles. The van der Waals surface area contributed by atoms with Gasteiger partial charge in [-0.2, -0.15) is 5.10 Å². The van der Waals surface area contributed by atoms with E-state index >= 15 is 0 Å². The molecule has 1 heterocycles. The van der Waals surface area contributed by atoms with Crippen molar-refractivity contribution in [2.45, 2.75) is 20.4 Å². The van der Waals surface area contributed by atoms with E-state index in [1.807, 2.05) is 44.2 Å². The van der Waals surface area contributed by atoms with E-state index in [-0.39, 0.29) is 0 Å². The Bertz CT molecular complexity index is 794. The van der Waals surface area contributed by atoms with E-state index < -0.39 is 0 Å². The molecule has 2 aromatic carbocycles. The van der Waals surface area contributed by atoms with E-state index in [1.165, 1.54) is 0 Å². The standard InChI is InChI=1S/C17H17N3O/c1-11-12(2)19-20-17(15(11)10-18)21-16-9-5-7-13-6-3-4-8-14(13)16/h3-9H,10,18H2,1-2H3. The summed E-state index contributed by atoms with van der Waals surface area (Å²) in [6.45, 7) is 4.29. The van der Waals surface area contributed by atoms with Crippen LogP contribution in [0.4, 0.5) is 0 Å². The van der Waals surface area contributed by atoms with Crippen molar-refractivity contribution in [2.75, 3.05) is 0 Å². The molecule has 0 radical (unpaired) electrons. The first-order valence-electron chi connectivity index (χ1n) is 6.89. The van der Waals surface area contributed by atoms with Gasteiger partial charge in [0, 0.05) is 17.5 Å². The van der Waals surface area contributed by atoms with Gasteiger partial charge in [0.15, 0.2) is 0 Å². The number of aromatic nitrogens is 2. The minimum atomic E-state index is 0.377. The molecule has 0 atom stereocenters. The lowest BCUT2D eigenvalue weighted by atomic mass is 10.1. The average molecular weight is 279 g/mol. The topological polar surface area (TPSA) is 61.0 Å². The quantitative estimate of drug-likeness (QED) is 0.797. The summed E-state index contributed by atoms with van der Waals surface area (Å²) < 4.78 is 6.00. The van der Waals surface area contributed by atoms with Crippen LogP contribution in [0.2, 0.25) is 0 Å². The number of fused-ring (bicyclic) bond motifs is 1. The third kappa shape index (κ3) is 2.45. The number of hydrogen-bond donors (Lipinski definition) is 1. The third-order valence-corrected chi connectivity index (χ3v) is 3.70. The molecule has 0 bridgehead atoms. The highest BCUT2D eigenvalue weighted by atomic mass is 16.5. The van der Waals surface area contributed by atoms with E-state index in [4.69, 9.17) is 10.5 Å². The summed E-state index contributed by atoms with van der Waals surface area (Å²) in [4.78, 5) is 0. The second-order valence-electron chi connectivity index (χ2n) is 4.98. The fourth-order valence-corrected chi connectivity index (χ4v) is 2.35. The van der Waals surface area contributed by atoms with Gasteiger partial charge in [-0.1, -0.05) is 36.4 Å². The van der Waals surface area contributed by atoms with Gasteiger partial charge < -0.3 is 10.5 Å². The van der Waals surface area contributed by atoms with Crippen LogP contribution in [-0.4, -0.2) is 10.2 Å². The lowest BCUT2D eigenvalue weighted by Gasteiger charge is -2.13. The molecule has 0 saturated heterocycles. The lowest BCUT2D eigenvalue weighted by Crippen LogP contribution is -2.07. The number of rotatable bonds is 3. The Balaban J connectivity index is 2.09. The zero-order valence-electron chi connectivity index (χ0n) is 12.1. The molecule has 4 nitrogen and oxygen atoms in total. The van der Waals surface area contributed by atoms with Crippen molar-refractivity contribution in [3.63, 3.8) is 0 Å². The van der Waals surface area contributed by atoms with Gasteiger partial charge in [-0.3, -0.25) is 0 Å². The summed E-state index contributed by atoms with van der Waals surface area (Å²) in [5.41, 5.74) is 8.64. The fraction of sp³-hybridized carbons (Fsp3) is 0.176. The Labute approximate surface area is 123 Å². The number of nitrogens with zero attached hydrogens (tertiary/aromatic N) is 2. The Morgan fingerprint density at radius 1 is 1.00 bits per heavy atom. The van der Waals surface area contributed by atoms with Crippen molar-refractivity contribution < 1.29 is 4.74 Å². The number of nitrogens with two attached hydrogens (primary N) is 1. The van der Waals surface area contributed by atoms with Crippen LogP contribution in [0.1, 0.15) is 16.8 Å². The largest absolute Gasteiger partial charge is 0.437 e. The molecular formula is C17H17N3O. The van der Waals surface area contributed by atoms with E-state index in [1.54, 1.807) is 0 Å². The Morgan fingerprint density at radius 2 is 1.76 bits per heavy atom. The van der Waals surface area contributed by atoms with Crippen LogP contribution in [0.3, 0.4) is 0 Å². The highest BCUT2D eigenvalue weighted by molar-refractivity contribution is 5.88. The molecule has 2 N–H and O–H groups in total. The highest BCUT2D eigenvalue weighted by Crippen LogP contribution is 2.31. The van der Waals surface area contributed by atoms with Crippen molar-refractivity contribution >= 4 is 10.8 Å². The maximum Gasteiger partial charge on any atom is 0.243 e. The van der Waals surface area contributed by atoms with Crippen LogP contribution in [0.25, 0.3) is 10.8 Å². The molecule has 0 aliphatic heterocycles. The van der Waals surface area contributed by atoms with Gasteiger partial charge >= 0.3 is 0 Å². The van der Waals surface area contributed by atoms with E-state index in [2.05, 4.69) is 22.3 Å². The normalized spacial score (nSPS) is 10.8. The molecule has 0 spiro atoms. The van der Waals surface area contributed by atoms with Crippen LogP contribution in [0.5, 0.6) is 11.6 Å². The summed E-state index contributed by atoms with van der Waals surface area (Å²) in [6, 6.07) is 14.0. The maximum atomic E-state index is 6.00. The molecule has 106 valence electrons. The van der Waals surface area contributed by atoms with E-state index in [0.29, 0.717) is 12.4 Å². The smallest absolute Gasteiger partial charge is 0.243 e. The number of ether oxygens (including phenoxy) is 1. The van der Waals surface area contributed by atoms with Crippen molar-refractivity contribution in [3.8, 4) is 11.6 Å². The highest BCUT2D eigenvalue weighted by Gasteiger charge is 2.13. The second-order valence-corrected chi connectivity index (χ2v) is 4.98. The fourth-order valence-electron chi connectivity index (χ4n) is 2.35. The van der Waals surface area contributed by atoms with Gasteiger partial charge in [0.05, 0.1) is 5.69 Å². The zero-order valence-corrected chi connectivity index (χ0v) is 12.1. The average Bonchev–Trinajstić information content (AvgIpc) is 2.52. The van der Waals surface area contributed by atoms with Crippen molar-refractivity contribution in [1.29, 1.82) is 0 Å². The van der Waals surface area contributed by atoms with E-state index in [9.17, 15) is 0 Å². The minimum absolute atomic E-state index is 0.377. The summed E-state index contributed by atoms with van der Waals surface area (Å²) in [6.07, 6.45) is 0. The lowest BCUT2D eigenvalue weighted by molar-refractivity contribution is 0.451. The monoisotopic (exact) mass is 279 g/mol. The van der Waals surface area contributed by atoms with Gasteiger partial charge in [-0.25, -0.2) is 0 Å². The van der Waals surface area contributed by atoms with Crippen LogP contribution >= 0.6 is 0 Å². The molecule has 0 unspecified atom stereocenters. The summed E-state index contributed by atoms with van der Waals surface area (Å²) in [5, 5.41) is 10.5. The molecule has 0 fully saturated rings. The molecule has 21 heavy (non-hydrogen) atoms. The molecule has 0 aliphatic rings. The maximum absolute atomic E-state index is 6.00. The summed E-state index contributed by atoms with van der Waals surface area (Å²) >= 11 is 0. The first-order chi connectivity index (χ1) is 10.2. The van der Waals surface area contributed by atoms with Gasteiger partial charge in [0.1, 0.15) is 5.75 Å². The van der Waals surface area contributed by atoms with Crippen LogP contribution in [0, 0.1) is 13.8 Å². The molecule has 4 heteroatoms. The predicted molar refractivity (Wildman–Crippen MR) is 83.4 cm³/mol. The molecule has 0 amide bonds. The SMILES string of the molecule is Cc1nnc(Oc2cccc3ccccc23)c(CN)c1C. The molecule has 3 rings (SSSR count). The number of benzene rings is 2. The third-order valence-electron chi connectivity index (χ3n) is 3.70. The zero-order chi connectivity index (χ0) is 14.8. The van der Waals surface area contributed by atoms with Crippen LogP contribution in [-0.2, 0) is 6.54 Å². The van der Waals surface area contributed by atoms with Gasteiger partial charge in [0.25, 0.3) is 0 Å². The van der Waals surface area contributed by atoms with Crippen molar-refractivity contribution in [2.24, 2.45) is 5.73 Å². The molecule has 0 saturated carbocycles. The first-order valence-corrected chi connectivity index (χ1v) is 6.89.